The Balaban J connectivity index is 2.33. The number of hydrogen-bond acceptors (Lipinski definition) is 1. The number of aldehydes is 1. The lowest BCUT2D eigenvalue weighted by Gasteiger charge is -2.34. The van der Waals surface area contributed by atoms with Gasteiger partial charge in [0.05, 0.1) is 0 Å². The molecule has 1 aliphatic rings. The molecule has 82 valence electrons. The van der Waals surface area contributed by atoms with E-state index in [1.807, 2.05) is 13.0 Å². The van der Waals surface area contributed by atoms with Crippen LogP contribution in [0.15, 0.2) is 6.07 Å². The van der Waals surface area contributed by atoms with Crippen LogP contribution in [0.3, 0.4) is 0 Å². The molecule has 1 fully saturated rings. The zero-order chi connectivity index (χ0) is 11.0. The zero-order valence-corrected chi connectivity index (χ0v) is 9.79. The summed E-state index contributed by atoms with van der Waals surface area (Å²) < 4.78 is 2.33. The van der Waals surface area contributed by atoms with E-state index in [2.05, 4.69) is 18.4 Å². The van der Waals surface area contributed by atoms with Crippen LogP contribution < -0.4 is 0 Å². The lowest BCUT2D eigenvalue weighted by molar-refractivity contribution is 0.112. The molecule has 15 heavy (non-hydrogen) atoms. The lowest BCUT2D eigenvalue weighted by atomic mass is 9.80. The van der Waals surface area contributed by atoms with E-state index in [0.29, 0.717) is 6.04 Å². The number of aryl methyl sites for hydroxylation is 1. The molecular formula is C13H19NO. The van der Waals surface area contributed by atoms with Crippen molar-refractivity contribution >= 4 is 6.29 Å². The van der Waals surface area contributed by atoms with Gasteiger partial charge in [0, 0.05) is 23.0 Å². The van der Waals surface area contributed by atoms with Crippen molar-refractivity contribution < 1.29 is 4.79 Å². The van der Waals surface area contributed by atoms with Crippen molar-refractivity contribution in [2.24, 2.45) is 5.92 Å². The Morgan fingerprint density at radius 3 is 2.53 bits per heavy atom. The molecule has 1 saturated carbocycles. The van der Waals surface area contributed by atoms with Crippen molar-refractivity contribution in [3.05, 3.63) is 23.0 Å². The first kappa shape index (κ1) is 10.5. The van der Waals surface area contributed by atoms with Crippen LogP contribution in [-0.4, -0.2) is 10.9 Å². The van der Waals surface area contributed by atoms with Gasteiger partial charge in [0.15, 0.2) is 6.29 Å². The molecular weight excluding hydrogens is 186 g/mol. The molecule has 1 atom stereocenters. The van der Waals surface area contributed by atoms with Crippen LogP contribution in [0.4, 0.5) is 0 Å². The standard InChI is InChI=1S/C13H19NO/c1-9-7-13(8-15)11(3)14(9)10(2)12-5-4-6-12/h7-8,10,12H,4-6H2,1-3H3. The lowest BCUT2D eigenvalue weighted by Crippen LogP contribution is -2.24. The number of rotatable bonds is 3. The number of hydrogen-bond donors (Lipinski definition) is 0. The quantitative estimate of drug-likeness (QED) is 0.694. The molecule has 0 spiro atoms. The summed E-state index contributed by atoms with van der Waals surface area (Å²) in [6.07, 6.45) is 5.02. The summed E-state index contributed by atoms with van der Waals surface area (Å²) in [5.41, 5.74) is 3.19. The predicted molar refractivity (Wildman–Crippen MR) is 61.3 cm³/mol. The third-order valence-electron chi connectivity index (χ3n) is 3.89. The average molecular weight is 205 g/mol. The first-order valence-electron chi connectivity index (χ1n) is 5.78. The van der Waals surface area contributed by atoms with Crippen LogP contribution in [0.1, 0.15) is 54.0 Å². The fourth-order valence-corrected chi connectivity index (χ4v) is 2.68. The van der Waals surface area contributed by atoms with Crippen LogP contribution in [0.2, 0.25) is 0 Å². The summed E-state index contributed by atoms with van der Waals surface area (Å²) in [5, 5.41) is 0. The Labute approximate surface area is 91.3 Å². The molecule has 2 rings (SSSR count). The van der Waals surface area contributed by atoms with Crippen molar-refractivity contribution in [2.75, 3.05) is 0 Å². The number of carbonyl (C=O) groups excluding carboxylic acids is 1. The highest BCUT2D eigenvalue weighted by atomic mass is 16.1. The minimum Gasteiger partial charge on any atom is -0.345 e. The van der Waals surface area contributed by atoms with Gasteiger partial charge in [0.1, 0.15) is 0 Å². The highest BCUT2D eigenvalue weighted by molar-refractivity contribution is 5.77. The van der Waals surface area contributed by atoms with Crippen molar-refractivity contribution in [3.8, 4) is 0 Å². The van der Waals surface area contributed by atoms with Gasteiger partial charge in [-0.05, 0) is 45.6 Å². The van der Waals surface area contributed by atoms with Gasteiger partial charge in [-0.15, -0.1) is 0 Å². The first-order chi connectivity index (χ1) is 7.15. The Kier molecular flexibility index (Phi) is 2.68. The molecule has 0 bridgehead atoms. The molecule has 2 nitrogen and oxygen atoms in total. The van der Waals surface area contributed by atoms with E-state index in [0.717, 1.165) is 23.5 Å². The van der Waals surface area contributed by atoms with Crippen LogP contribution >= 0.6 is 0 Å². The molecule has 0 radical (unpaired) electrons. The molecule has 0 N–H and O–H groups in total. The molecule has 1 aromatic rings. The van der Waals surface area contributed by atoms with Gasteiger partial charge >= 0.3 is 0 Å². The maximum Gasteiger partial charge on any atom is 0.151 e. The molecule has 0 aromatic carbocycles. The van der Waals surface area contributed by atoms with E-state index in [-0.39, 0.29) is 0 Å². The molecule has 0 saturated heterocycles. The summed E-state index contributed by atoms with van der Waals surface area (Å²) in [6.45, 7) is 6.42. The van der Waals surface area contributed by atoms with Crippen molar-refractivity contribution in [1.29, 1.82) is 0 Å². The second-order valence-electron chi connectivity index (χ2n) is 4.75. The summed E-state index contributed by atoms with van der Waals surface area (Å²) >= 11 is 0. The van der Waals surface area contributed by atoms with E-state index < -0.39 is 0 Å². The molecule has 1 heterocycles. The maximum atomic E-state index is 10.9. The largest absolute Gasteiger partial charge is 0.345 e. The topological polar surface area (TPSA) is 22.0 Å². The Morgan fingerprint density at radius 2 is 2.13 bits per heavy atom. The fraction of sp³-hybridized carbons (Fsp3) is 0.615. The van der Waals surface area contributed by atoms with Crippen LogP contribution in [-0.2, 0) is 0 Å². The highest BCUT2D eigenvalue weighted by Crippen LogP contribution is 2.37. The minimum atomic E-state index is 0.549. The molecule has 1 unspecified atom stereocenters. The highest BCUT2D eigenvalue weighted by Gasteiger charge is 2.27. The molecule has 0 amide bonds. The minimum absolute atomic E-state index is 0.549. The summed E-state index contributed by atoms with van der Waals surface area (Å²) in [7, 11) is 0. The smallest absolute Gasteiger partial charge is 0.151 e. The molecule has 1 aliphatic carbocycles. The summed E-state index contributed by atoms with van der Waals surface area (Å²) in [6, 6.07) is 2.55. The van der Waals surface area contributed by atoms with E-state index in [4.69, 9.17) is 0 Å². The third kappa shape index (κ3) is 1.62. The summed E-state index contributed by atoms with van der Waals surface area (Å²) in [5.74, 6) is 0.814. The number of aromatic nitrogens is 1. The second-order valence-corrected chi connectivity index (χ2v) is 4.75. The van der Waals surface area contributed by atoms with Crippen LogP contribution in [0, 0.1) is 19.8 Å². The summed E-state index contributed by atoms with van der Waals surface area (Å²) in [4.78, 5) is 10.9. The fourth-order valence-electron chi connectivity index (χ4n) is 2.68. The Morgan fingerprint density at radius 1 is 1.47 bits per heavy atom. The first-order valence-corrected chi connectivity index (χ1v) is 5.78. The SMILES string of the molecule is Cc1cc(C=O)c(C)n1C(C)C1CCC1. The van der Waals surface area contributed by atoms with E-state index in [9.17, 15) is 4.79 Å². The predicted octanol–water partition coefficient (Wildman–Crippen LogP) is 3.28. The molecule has 2 heteroatoms. The third-order valence-corrected chi connectivity index (χ3v) is 3.89. The van der Waals surface area contributed by atoms with Gasteiger partial charge in [-0.1, -0.05) is 6.42 Å². The monoisotopic (exact) mass is 205 g/mol. The van der Waals surface area contributed by atoms with E-state index >= 15 is 0 Å². The Hall–Kier alpha value is -1.05. The van der Waals surface area contributed by atoms with Crippen molar-refractivity contribution in [2.45, 2.75) is 46.1 Å². The van der Waals surface area contributed by atoms with Crippen molar-refractivity contribution in [3.63, 3.8) is 0 Å². The van der Waals surface area contributed by atoms with Gasteiger partial charge < -0.3 is 4.57 Å². The average Bonchev–Trinajstić information content (AvgIpc) is 2.38. The van der Waals surface area contributed by atoms with E-state index in [1.165, 1.54) is 25.0 Å². The van der Waals surface area contributed by atoms with Crippen LogP contribution in [0.25, 0.3) is 0 Å². The van der Waals surface area contributed by atoms with Gasteiger partial charge in [0.2, 0.25) is 0 Å². The number of nitrogens with zero attached hydrogens (tertiary/aromatic N) is 1. The second kappa shape index (κ2) is 3.84. The van der Waals surface area contributed by atoms with Gasteiger partial charge in [-0.3, -0.25) is 4.79 Å². The van der Waals surface area contributed by atoms with Crippen molar-refractivity contribution in [1.82, 2.24) is 4.57 Å². The zero-order valence-electron chi connectivity index (χ0n) is 9.79. The van der Waals surface area contributed by atoms with E-state index in [1.54, 1.807) is 0 Å². The maximum absolute atomic E-state index is 10.9. The molecule has 1 aromatic heterocycles. The number of carbonyl (C=O) groups is 1. The van der Waals surface area contributed by atoms with Gasteiger partial charge in [-0.2, -0.15) is 0 Å². The van der Waals surface area contributed by atoms with Gasteiger partial charge in [0.25, 0.3) is 0 Å². The molecule has 0 aliphatic heterocycles. The van der Waals surface area contributed by atoms with Crippen LogP contribution in [0.5, 0.6) is 0 Å². The van der Waals surface area contributed by atoms with Gasteiger partial charge in [-0.25, -0.2) is 0 Å². The normalized spacial score (nSPS) is 18.6. The Bertz CT molecular complexity index is 374.